The molecular weight excluding hydrogens is 456 g/mol. The highest BCUT2D eigenvalue weighted by atomic mass is 16.3. The predicted octanol–water partition coefficient (Wildman–Crippen LogP) is 0.342. The quantitative estimate of drug-likeness (QED) is 0.229. The Kier molecular flexibility index (Phi) is 5.73. The molecule has 0 bridgehead atoms. The van der Waals surface area contributed by atoms with E-state index in [2.05, 4.69) is 4.99 Å². The van der Waals surface area contributed by atoms with Crippen molar-refractivity contribution in [2.75, 3.05) is 28.2 Å². The molecule has 11 heteroatoms. The number of Topliss-reactive ketones (excluding diaryl/α,β-unsaturated/α-hetero) is 2. The van der Waals surface area contributed by atoms with E-state index in [-0.39, 0.29) is 29.7 Å². The number of benzene rings is 1. The van der Waals surface area contributed by atoms with Gasteiger partial charge in [-0.2, -0.15) is 0 Å². The summed E-state index contributed by atoms with van der Waals surface area (Å²) >= 11 is 0. The van der Waals surface area contributed by atoms with Crippen molar-refractivity contribution in [3.63, 3.8) is 0 Å². The van der Waals surface area contributed by atoms with E-state index in [0.29, 0.717) is 11.3 Å². The summed E-state index contributed by atoms with van der Waals surface area (Å²) in [5.74, 6) is -6.79. The molecule has 1 aromatic rings. The molecule has 35 heavy (non-hydrogen) atoms. The number of rotatable bonds is 4. The minimum atomic E-state index is -2.65. The van der Waals surface area contributed by atoms with Gasteiger partial charge in [0, 0.05) is 25.6 Å². The Morgan fingerprint density at radius 3 is 2.40 bits per heavy atom. The molecule has 0 aliphatic heterocycles. The molecule has 4 atom stereocenters. The first-order chi connectivity index (χ1) is 16.3. The molecule has 3 aliphatic carbocycles. The monoisotopic (exact) mass is 484 g/mol. The van der Waals surface area contributed by atoms with Gasteiger partial charge in [0.1, 0.15) is 22.8 Å². The van der Waals surface area contributed by atoms with Gasteiger partial charge in [-0.1, -0.05) is 0 Å². The first kappa shape index (κ1) is 24.4. The van der Waals surface area contributed by atoms with E-state index in [1.54, 1.807) is 45.5 Å². The molecule has 3 aliphatic rings. The maximum absolute atomic E-state index is 13.6. The molecule has 11 nitrogen and oxygen atoms in total. The topological polar surface area (TPSA) is 177 Å². The molecule has 186 valence electrons. The van der Waals surface area contributed by atoms with Crippen molar-refractivity contribution >= 4 is 29.5 Å². The number of phenolic OH excluding ortho intramolecular Hbond substituents is 1. The number of ketones is 2. The summed E-state index contributed by atoms with van der Waals surface area (Å²) in [6.07, 6.45) is 1.76. The molecule has 0 spiro atoms. The van der Waals surface area contributed by atoms with Crippen LogP contribution < -0.4 is 5.73 Å². The molecule has 4 rings (SSSR count). The molecule has 0 radical (unpaired) electrons. The van der Waals surface area contributed by atoms with Gasteiger partial charge in [-0.25, -0.2) is 4.99 Å². The van der Waals surface area contributed by atoms with Crippen molar-refractivity contribution in [1.29, 1.82) is 0 Å². The van der Waals surface area contributed by atoms with Crippen molar-refractivity contribution < 1.29 is 34.8 Å². The van der Waals surface area contributed by atoms with Crippen molar-refractivity contribution in [3.05, 3.63) is 45.9 Å². The van der Waals surface area contributed by atoms with Gasteiger partial charge < -0.3 is 31.1 Å². The fourth-order valence-corrected chi connectivity index (χ4v) is 5.53. The highest BCUT2D eigenvalue weighted by Gasteiger charge is 2.63. The van der Waals surface area contributed by atoms with Crippen LogP contribution in [0, 0.1) is 11.8 Å². The fraction of sp³-hybridized carbons (Fsp3) is 0.417. The molecule has 0 fully saturated rings. The van der Waals surface area contributed by atoms with E-state index in [0.717, 1.165) is 0 Å². The van der Waals surface area contributed by atoms with Crippen molar-refractivity contribution in [1.82, 2.24) is 9.80 Å². The number of fused-ring (bicyclic) bond motifs is 3. The minimum absolute atomic E-state index is 0.0260. The lowest BCUT2D eigenvalue weighted by Gasteiger charge is -2.50. The van der Waals surface area contributed by atoms with Crippen LogP contribution in [-0.4, -0.2) is 93.9 Å². The first-order valence-electron chi connectivity index (χ1n) is 11.0. The number of hydrogen-bond acceptors (Lipinski definition) is 9. The zero-order valence-corrected chi connectivity index (χ0v) is 19.8. The summed E-state index contributed by atoms with van der Waals surface area (Å²) in [5, 5.41) is 44.1. The lowest BCUT2D eigenvalue weighted by molar-refractivity contribution is -0.148. The molecule has 0 saturated carbocycles. The number of likely N-dealkylation sites (N-methyl/N-ethyl adjacent to an activating group) is 1. The largest absolute Gasteiger partial charge is 0.510 e. The van der Waals surface area contributed by atoms with Gasteiger partial charge in [0.05, 0.1) is 23.6 Å². The average Bonchev–Trinajstić information content (AvgIpc) is 2.75. The summed E-state index contributed by atoms with van der Waals surface area (Å²) in [5.41, 5.74) is 2.50. The van der Waals surface area contributed by atoms with E-state index < -0.39 is 58.0 Å². The summed E-state index contributed by atoms with van der Waals surface area (Å²) in [6.45, 7) is 0. The van der Waals surface area contributed by atoms with Crippen molar-refractivity contribution in [2.45, 2.75) is 24.5 Å². The standard InChI is InChI=1S/C24H28N4O7/c1-27(2)9-26-13-5-6-14(29)16-11(13)7-10-8-12-18(28(3)4)20(31)17(23(25)34)22(33)24(12,35)21(32)15(10)19(16)30/h5-6,9-10,12,18,29,31-32,35H,7-8H2,1-4H3,(H2,25,34)/b26-9+/t10-,12-,18?,24-/m1/s1. The van der Waals surface area contributed by atoms with Crippen LogP contribution in [-0.2, 0) is 16.0 Å². The predicted molar refractivity (Wildman–Crippen MR) is 126 cm³/mol. The third kappa shape index (κ3) is 3.41. The maximum Gasteiger partial charge on any atom is 0.255 e. The zero-order chi connectivity index (χ0) is 26.0. The maximum atomic E-state index is 13.6. The molecule has 1 aromatic carbocycles. The van der Waals surface area contributed by atoms with E-state index in [4.69, 9.17) is 5.73 Å². The van der Waals surface area contributed by atoms with Crippen LogP contribution in [0.3, 0.4) is 0 Å². The summed E-state index contributed by atoms with van der Waals surface area (Å²) in [4.78, 5) is 46.4. The van der Waals surface area contributed by atoms with Gasteiger partial charge in [-0.15, -0.1) is 0 Å². The van der Waals surface area contributed by atoms with Gasteiger partial charge in [0.15, 0.2) is 11.4 Å². The van der Waals surface area contributed by atoms with Crippen LogP contribution in [0.25, 0.3) is 0 Å². The SMILES string of the molecule is CN(C)/C=N/c1ccc(O)c2c1C[C@@H]1C[C@@H]3C(N(C)C)C(O)=C(C(N)=O)C(=O)[C@]3(O)C(O)=C1C2=O. The molecule has 1 amide bonds. The number of carbonyl (C=O) groups excluding carboxylic acids is 3. The van der Waals surface area contributed by atoms with E-state index >= 15 is 0 Å². The number of amides is 1. The number of aliphatic imine (C=N–C) groups is 1. The van der Waals surface area contributed by atoms with E-state index in [1.165, 1.54) is 11.0 Å². The Labute approximate surface area is 201 Å². The number of primary amides is 1. The zero-order valence-electron chi connectivity index (χ0n) is 19.8. The first-order valence-corrected chi connectivity index (χ1v) is 11.0. The summed E-state index contributed by atoms with van der Waals surface area (Å²) < 4.78 is 0. The Bertz CT molecular complexity index is 1250. The lowest BCUT2D eigenvalue weighted by atomic mass is 9.58. The van der Waals surface area contributed by atoms with Gasteiger partial charge in [-0.05, 0) is 50.6 Å². The minimum Gasteiger partial charge on any atom is -0.510 e. The van der Waals surface area contributed by atoms with E-state index in [9.17, 15) is 34.8 Å². The van der Waals surface area contributed by atoms with Crippen LogP contribution in [0.5, 0.6) is 5.75 Å². The Hall–Kier alpha value is -3.70. The number of phenols is 1. The van der Waals surface area contributed by atoms with Gasteiger partial charge in [0.2, 0.25) is 5.78 Å². The molecule has 0 heterocycles. The average molecular weight is 485 g/mol. The van der Waals surface area contributed by atoms with Crippen molar-refractivity contribution in [2.24, 2.45) is 22.6 Å². The highest BCUT2D eigenvalue weighted by Crippen LogP contribution is 2.53. The number of aliphatic hydroxyl groups excluding tert-OH is 2. The third-order valence-corrected chi connectivity index (χ3v) is 7.01. The lowest BCUT2D eigenvalue weighted by Crippen LogP contribution is -2.63. The number of aliphatic hydroxyl groups is 3. The second-order valence-electron chi connectivity index (χ2n) is 9.63. The molecule has 0 saturated heterocycles. The molecule has 1 unspecified atom stereocenters. The second-order valence-corrected chi connectivity index (χ2v) is 9.63. The van der Waals surface area contributed by atoms with Crippen LogP contribution in [0.1, 0.15) is 22.3 Å². The summed E-state index contributed by atoms with van der Waals surface area (Å²) in [6, 6.07) is 1.86. The van der Waals surface area contributed by atoms with Gasteiger partial charge >= 0.3 is 0 Å². The number of allylic oxidation sites excluding steroid dienone is 1. The van der Waals surface area contributed by atoms with Crippen LogP contribution >= 0.6 is 0 Å². The molecular formula is C24H28N4O7. The molecule has 0 aromatic heterocycles. The number of aromatic hydroxyl groups is 1. The Morgan fingerprint density at radius 1 is 1.17 bits per heavy atom. The number of hydrogen-bond donors (Lipinski definition) is 5. The molecule has 6 N–H and O–H groups in total. The Balaban J connectivity index is 1.94. The van der Waals surface area contributed by atoms with Gasteiger partial charge in [0.25, 0.3) is 5.91 Å². The summed E-state index contributed by atoms with van der Waals surface area (Å²) in [7, 11) is 6.73. The van der Waals surface area contributed by atoms with E-state index in [1.807, 2.05) is 0 Å². The number of nitrogens with two attached hydrogens (primary N) is 1. The second kappa shape index (κ2) is 8.21. The van der Waals surface area contributed by atoms with Crippen molar-refractivity contribution in [3.8, 4) is 5.75 Å². The van der Waals surface area contributed by atoms with Crippen LogP contribution in [0.4, 0.5) is 5.69 Å². The third-order valence-electron chi connectivity index (χ3n) is 7.01. The normalized spacial score (nSPS) is 28.3. The highest BCUT2D eigenvalue weighted by molar-refractivity contribution is 6.24. The Morgan fingerprint density at radius 2 is 1.83 bits per heavy atom. The fourth-order valence-electron chi connectivity index (χ4n) is 5.53. The number of carbonyl (C=O) groups is 3. The van der Waals surface area contributed by atoms with Crippen LogP contribution in [0.15, 0.2) is 39.8 Å². The van der Waals surface area contributed by atoms with Gasteiger partial charge in [-0.3, -0.25) is 19.3 Å². The smallest absolute Gasteiger partial charge is 0.255 e. The van der Waals surface area contributed by atoms with Crippen LogP contribution in [0.2, 0.25) is 0 Å². The number of nitrogens with zero attached hydrogens (tertiary/aromatic N) is 3.